The van der Waals surface area contributed by atoms with E-state index in [0.29, 0.717) is 17.0 Å². The van der Waals surface area contributed by atoms with Gasteiger partial charge in [0.25, 0.3) is 0 Å². The second-order valence-corrected chi connectivity index (χ2v) is 7.97. The molecule has 8 heteroatoms. The number of ether oxygens (including phenoxy) is 1. The maximum absolute atomic E-state index is 12.1. The van der Waals surface area contributed by atoms with Crippen LogP contribution in [0.3, 0.4) is 0 Å². The Kier molecular flexibility index (Phi) is 6.09. The monoisotopic (exact) mass is 397 g/mol. The summed E-state index contributed by atoms with van der Waals surface area (Å²) in [5.74, 6) is 0.221. The molecule has 3 rings (SSSR count). The standard InChI is InChI=1S/C20H19N3O4S/c21-13-14-27-18-8-6-16(7-9-18)22-20(24)12-3-15-1-10-19(11-2-15)28(25,26)23-17-4-5-17/h1-3,6-12,17,23H,4-5,14H2,(H,22,24). The Morgan fingerprint density at radius 2 is 1.82 bits per heavy atom. The van der Waals surface area contributed by atoms with Crippen LogP contribution in [0.4, 0.5) is 5.69 Å². The smallest absolute Gasteiger partial charge is 0.248 e. The van der Waals surface area contributed by atoms with Crippen molar-refractivity contribution in [2.24, 2.45) is 0 Å². The average Bonchev–Trinajstić information content (AvgIpc) is 3.49. The minimum atomic E-state index is -3.48. The molecule has 0 saturated heterocycles. The fourth-order valence-corrected chi connectivity index (χ4v) is 3.66. The molecule has 0 aromatic heterocycles. The minimum absolute atomic E-state index is 0.0365. The molecule has 1 aliphatic carbocycles. The third-order valence-corrected chi connectivity index (χ3v) is 5.48. The molecule has 0 radical (unpaired) electrons. The summed E-state index contributed by atoms with van der Waals surface area (Å²) in [4.78, 5) is 12.2. The fraction of sp³-hybridized carbons (Fsp3) is 0.200. The van der Waals surface area contributed by atoms with Crippen LogP contribution in [-0.4, -0.2) is 27.0 Å². The highest BCUT2D eigenvalue weighted by Gasteiger charge is 2.27. The second kappa shape index (κ2) is 8.69. The molecule has 1 fully saturated rings. The third-order valence-electron chi connectivity index (χ3n) is 3.94. The summed E-state index contributed by atoms with van der Waals surface area (Å²) in [6.45, 7) is -0.0365. The number of rotatable bonds is 8. The first-order valence-electron chi connectivity index (χ1n) is 8.67. The maximum atomic E-state index is 12.1. The number of sulfonamides is 1. The lowest BCUT2D eigenvalue weighted by Gasteiger charge is -2.06. The van der Waals surface area contributed by atoms with Gasteiger partial charge in [-0.15, -0.1) is 0 Å². The van der Waals surface area contributed by atoms with E-state index in [-0.39, 0.29) is 23.5 Å². The highest BCUT2D eigenvalue weighted by atomic mass is 32.2. The molecule has 1 amide bonds. The first kappa shape index (κ1) is 19.6. The Labute approximate surface area is 163 Å². The molecule has 0 unspecified atom stereocenters. The highest BCUT2D eigenvalue weighted by Crippen LogP contribution is 2.22. The van der Waals surface area contributed by atoms with Crippen molar-refractivity contribution in [1.82, 2.24) is 4.72 Å². The fourth-order valence-electron chi connectivity index (χ4n) is 2.35. The van der Waals surface area contributed by atoms with E-state index < -0.39 is 10.0 Å². The number of carbonyl (C=O) groups is 1. The second-order valence-electron chi connectivity index (χ2n) is 6.26. The van der Waals surface area contributed by atoms with Crippen molar-refractivity contribution >= 4 is 27.7 Å². The summed E-state index contributed by atoms with van der Waals surface area (Å²) in [6, 6.07) is 14.9. The van der Waals surface area contributed by atoms with Crippen LogP contribution in [0.2, 0.25) is 0 Å². The van der Waals surface area contributed by atoms with E-state index in [1.54, 1.807) is 42.5 Å². The van der Waals surface area contributed by atoms with Crippen LogP contribution in [0.15, 0.2) is 59.5 Å². The molecule has 2 N–H and O–H groups in total. The van der Waals surface area contributed by atoms with Crippen LogP contribution >= 0.6 is 0 Å². The molecule has 2 aromatic carbocycles. The quantitative estimate of drug-likeness (QED) is 0.666. The third kappa shape index (κ3) is 5.67. The predicted molar refractivity (Wildman–Crippen MR) is 105 cm³/mol. The summed E-state index contributed by atoms with van der Waals surface area (Å²) in [5, 5.41) is 11.2. The molecular weight excluding hydrogens is 378 g/mol. The van der Waals surface area contributed by atoms with Crippen LogP contribution in [0.1, 0.15) is 18.4 Å². The largest absolute Gasteiger partial charge is 0.479 e. The SMILES string of the molecule is N#CCOc1ccc(NC(=O)C=Cc2ccc(S(=O)(=O)NC3CC3)cc2)cc1. The molecule has 1 saturated carbocycles. The lowest BCUT2D eigenvalue weighted by Crippen LogP contribution is -2.25. The van der Waals surface area contributed by atoms with Crippen molar-refractivity contribution in [2.75, 3.05) is 11.9 Å². The summed E-state index contributed by atoms with van der Waals surface area (Å²) in [7, 11) is -3.48. The number of hydrogen-bond donors (Lipinski definition) is 2. The summed E-state index contributed by atoms with van der Waals surface area (Å²) < 4.78 is 32.0. The number of nitriles is 1. The predicted octanol–water partition coefficient (Wildman–Crippen LogP) is 2.68. The van der Waals surface area contributed by atoms with Gasteiger partial charge in [-0.2, -0.15) is 5.26 Å². The molecule has 7 nitrogen and oxygen atoms in total. The van der Waals surface area contributed by atoms with Crippen molar-refractivity contribution < 1.29 is 17.9 Å². The van der Waals surface area contributed by atoms with Crippen LogP contribution in [-0.2, 0) is 14.8 Å². The molecule has 1 aliphatic rings. The lowest BCUT2D eigenvalue weighted by molar-refractivity contribution is -0.111. The van der Waals surface area contributed by atoms with Gasteiger partial charge in [-0.25, -0.2) is 13.1 Å². The van der Waals surface area contributed by atoms with Crippen molar-refractivity contribution in [3.05, 3.63) is 60.2 Å². The molecule has 0 atom stereocenters. The van der Waals surface area contributed by atoms with E-state index >= 15 is 0 Å². The summed E-state index contributed by atoms with van der Waals surface area (Å²) in [6.07, 6.45) is 4.73. The molecule has 0 aliphatic heterocycles. The van der Waals surface area contributed by atoms with E-state index in [1.165, 1.54) is 18.2 Å². The molecule has 144 valence electrons. The van der Waals surface area contributed by atoms with E-state index in [4.69, 9.17) is 10.00 Å². The zero-order valence-corrected chi connectivity index (χ0v) is 15.8. The van der Waals surface area contributed by atoms with Gasteiger partial charge < -0.3 is 10.1 Å². The Bertz CT molecular complexity index is 1000. The Balaban J connectivity index is 1.55. The van der Waals surface area contributed by atoms with Crippen LogP contribution in [0.25, 0.3) is 6.08 Å². The van der Waals surface area contributed by atoms with Gasteiger partial charge >= 0.3 is 0 Å². The van der Waals surface area contributed by atoms with Crippen molar-refractivity contribution in [3.63, 3.8) is 0 Å². The molecule has 0 spiro atoms. The van der Waals surface area contributed by atoms with Gasteiger partial charge in [-0.1, -0.05) is 12.1 Å². The van der Waals surface area contributed by atoms with Gasteiger partial charge in [-0.3, -0.25) is 4.79 Å². The Hall–Kier alpha value is -3.15. The number of hydrogen-bond acceptors (Lipinski definition) is 5. The van der Waals surface area contributed by atoms with Gasteiger partial charge in [0.2, 0.25) is 15.9 Å². The van der Waals surface area contributed by atoms with Crippen LogP contribution in [0.5, 0.6) is 5.75 Å². The first-order chi connectivity index (χ1) is 13.5. The summed E-state index contributed by atoms with van der Waals surface area (Å²) >= 11 is 0. The van der Waals surface area contributed by atoms with Crippen LogP contribution in [0, 0.1) is 11.3 Å². The average molecular weight is 397 g/mol. The number of carbonyl (C=O) groups excluding carboxylic acids is 1. The van der Waals surface area contributed by atoms with Gasteiger partial charge in [0.15, 0.2) is 6.61 Å². The van der Waals surface area contributed by atoms with Crippen LogP contribution < -0.4 is 14.8 Å². The number of nitrogens with zero attached hydrogens (tertiary/aromatic N) is 1. The minimum Gasteiger partial charge on any atom is -0.479 e. The molecular formula is C20H19N3O4S. The number of anilines is 1. The number of amides is 1. The van der Waals surface area contributed by atoms with Crippen molar-refractivity contribution in [2.45, 2.75) is 23.8 Å². The van der Waals surface area contributed by atoms with Crippen molar-refractivity contribution in [1.29, 1.82) is 5.26 Å². The maximum Gasteiger partial charge on any atom is 0.248 e. The van der Waals surface area contributed by atoms with Gasteiger partial charge in [0.05, 0.1) is 4.90 Å². The van der Waals surface area contributed by atoms with Gasteiger partial charge in [0, 0.05) is 17.8 Å². The summed E-state index contributed by atoms with van der Waals surface area (Å²) in [5.41, 5.74) is 1.30. The Morgan fingerprint density at radius 1 is 1.14 bits per heavy atom. The zero-order chi connectivity index (χ0) is 20.0. The molecule has 0 bridgehead atoms. The van der Waals surface area contributed by atoms with Gasteiger partial charge in [0.1, 0.15) is 11.8 Å². The van der Waals surface area contributed by atoms with E-state index in [0.717, 1.165) is 12.8 Å². The van der Waals surface area contributed by atoms with E-state index in [1.807, 2.05) is 6.07 Å². The number of nitrogens with one attached hydrogen (secondary N) is 2. The van der Waals surface area contributed by atoms with E-state index in [2.05, 4.69) is 10.0 Å². The van der Waals surface area contributed by atoms with Gasteiger partial charge in [-0.05, 0) is 60.9 Å². The van der Waals surface area contributed by atoms with Crippen molar-refractivity contribution in [3.8, 4) is 11.8 Å². The molecule has 28 heavy (non-hydrogen) atoms. The highest BCUT2D eigenvalue weighted by molar-refractivity contribution is 7.89. The van der Waals surface area contributed by atoms with E-state index in [9.17, 15) is 13.2 Å². The molecule has 0 heterocycles. The Morgan fingerprint density at radius 3 is 2.43 bits per heavy atom. The molecule has 2 aromatic rings. The first-order valence-corrected chi connectivity index (χ1v) is 10.2. The topological polar surface area (TPSA) is 108 Å². The zero-order valence-electron chi connectivity index (χ0n) is 15.0. The number of benzene rings is 2. The normalized spacial score (nSPS) is 13.8. The lowest BCUT2D eigenvalue weighted by atomic mass is 10.2.